The number of anilines is 1. The summed E-state index contributed by atoms with van der Waals surface area (Å²) >= 11 is 0. The van der Waals surface area contributed by atoms with Gasteiger partial charge in [0.25, 0.3) is 0 Å². The molecule has 0 spiro atoms. The van der Waals surface area contributed by atoms with Gasteiger partial charge in [0.15, 0.2) is 0 Å². The van der Waals surface area contributed by atoms with Crippen molar-refractivity contribution in [1.29, 1.82) is 0 Å². The SMILES string of the molecule is Cc1cc(COC(=O)c2ccc(N)cc2O)ccc1C(C)C. The predicted molar refractivity (Wildman–Crippen MR) is 86.9 cm³/mol. The normalized spacial score (nSPS) is 10.7. The van der Waals surface area contributed by atoms with Gasteiger partial charge in [0.05, 0.1) is 0 Å². The molecule has 0 saturated heterocycles. The lowest BCUT2D eigenvalue weighted by Crippen LogP contribution is -2.06. The largest absolute Gasteiger partial charge is 0.507 e. The highest BCUT2D eigenvalue weighted by Crippen LogP contribution is 2.23. The first-order chi connectivity index (χ1) is 10.4. The fourth-order valence-electron chi connectivity index (χ4n) is 2.42. The quantitative estimate of drug-likeness (QED) is 0.666. The predicted octanol–water partition coefficient (Wildman–Crippen LogP) is 3.76. The zero-order valence-corrected chi connectivity index (χ0v) is 13.1. The molecule has 0 amide bonds. The number of nitrogen functional groups attached to an aromatic ring is 1. The number of aromatic hydroxyl groups is 1. The van der Waals surface area contributed by atoms with Gasteiger partial charge in [-0.1, -0.05) is 32.0 Å². The van der Waals surface area contributed by atoms with Gasteiger partial charge < -0.3 is 15.6 Å². The number of esters is 1. The Morgan fingerprint density at radius 3 is 2.55 bits per heavy atom. The molecule has 116 valence electrons. The van der Waals surface area contributed by atoms with Crippen molar-refractivity contribution in [2.45, 2.75) is 33.3 Å². The lowest BCUT2D eigenvalue weighted by molar-refractivity contribution is 0.0469. The van der Waals surface area contributed by atoms with E-state index in [0.717, 1.165) is 5.56 Å². The average Bonchev–Trinajstić information content (AvgIpc) is 2.44. The lowest BCUT2D eigenvalue weighted by atomic mass is 9.96. The van der Waals surface area contributed by atoms with Crippen LogP contribution in [0, 0.1) is 6.92 Å². The van der Waals surface area contributed by atoms with Gasteiger partial charge in [0.2, 0.25) is 0 Å². The van der Waals surface area contributed by atoms with Crippen LogP contribution in [0.3, 0.4) is 0 Å². The molecular formula is C18H21NO3. The number of nitrogens with two attached hydrogens (primary N) is 1. The molecule has 2 rings (SSSR count). The molecule has 0 aliphatic heterocycles. The Labute approximate surface area is 130 Å². The maximum atomic E-state index is 12.0. The van der Waals surface area contributed by atoms with E-state index in [1.54, 1.807) is 6.07 Å². The van der Waals surface area contributed by atoms with Crippen LogP contribution in [0.5, 0.6) is 5.75 Å². The zero-order chi connectivity index (χ0) is 16.3. The molecule has 0 bridgehead atoms. The summed E-state index contributed by atoms with van der Waals surface area (Å²) in [5.74, 6) is -0.275. The zero-order valence-electron chi connectivity index (χ0n) is 13.1. The highest BCUT2D eigenvalue weighted by atomic mass is 16.5. The summed E-state index contributed by atoms with van der Waals surface area (Å²) in [6, 6.07) is 10.4. The summed E-state index contributed by atoms with van der Waals surface area (Å²) in [4.78, 5) is 12.0. The molecule has 0 saturated carbocycles. The molecule has 0 aromatic heterocycles. The minimum atomic E-state index is -0.567. The van der Waals surface area contributed by atoms with E-state index in [0.29, 0.717) is 11.6 Å². The van der Waals surface area contributed by atoms with E-state index in [4.69, 9.17) is 10.5 Å². The van der Waals surface area contributed by atoms with Crippen LogP contribution in [0.4, 0.5) is 5.69 Å². The Morgan fingerprint density at radius 1 is 1.23 bits per heavy atom. The standard InChI is InChI=1S/C18H21NO3/c1-11(2)15-6-4-13(8-12(15)3)10-22-18(21)16-7-5-14(19)9-17(16)20/h4-9,11,20H,10,19H2,1-3H3. The number of carbonyl (C=O) groups excluding carboxylic acids is 1. The molecule has 0 fully saturated rings. The number of rotatable bonds is 4. The number of hydrogen-bond acceptors (Lipinski definition) is 4. The molecule has 2 aromatic carbocycles. The molecule has 4 heteroatoms. The number of hydrogen-bond donors (Lipinski definition) is 2. The highest BCUT2D eigenvalue weighted by Gasteiger charge is 2.13. The van der Waals surface area contributed by atoms with Crippen molar-refractivity contribution in [3.05, 3.63) is 58.7 Å². The molecule has 0 radical (unpaired) electrons. The van der Waals surface area contributed by atoms with Crippen molar-refractivity contribution in [2.24, 2.45) is 0 Å². The first kappa shape index (κ1) is 15.9. The second-order valence-corrected chi connectivity index (χ2v) is 5.70. The fourth-order valence-corrected chi connectivity index (χ4v) is 2.42. The molecule has 0 heterocycles. The second-order valence-electron chi connectivity index (χ2n) is 5.70. The molecule has 2 aromatic rings. The molecule has 0 aliphatic rings. The van der Waals surface area contributed by atoms with Crippen LogP contribution in [0.1, 0.15) is 46.8 Å². The van der Waals surface area contributed by atoms with Crippen LogP contribution in [0.2, 0.25) is 0 Å². The van der Waals surface area contributed by atoms with Crippen LogP contribution in [-0.4, -0.2) is 11.1 Å². The first-order valence-electron chi connectivity index (χ1n) is 7.23. The van der Waals surface area contributed by atoms with E-state index in [1.807, 2.05) is 19.1 Å². The van der Waals surface area contributed by atoms with E-state index < -0.39 is 5.97 Å². The number of phenols is 1. The van der Waals surface area contributed by atoms with E-state index in [2.05, 4.69) is 19.9 Å². The Kier molecular flexibility index (Phi) is 4.71. The molecule has 4 nitrogen and oxygen atoms in total. The van der Waals surface area contributed by atoms with E-state index in [-0.39, 0.29) is 17.9 Å². The Morgan fingerprint density at radius 2 is 1.95 bits per heavy atom. The summed E-state index contributed by atoms with van der Waals surface area (Å²) in [5, 5.41) is 9.72. The Bertz CT molecular complexity index is 693. The smallest absolute Gasteiger partial charge is 0.342 e. The number of benzene rings is 2. The third kappa shape index (κ3) is 3.58. The van der Waals surface area contributed by atoms with Gasteiger partial charge in [0, 0.05) is 11.8 Å². The topological polar surface area (TPSA) is 72.5 Å². The summed E-state index contributed by atoms with van der Waals surface area (Å²) in [7, 11) is 0. The van der Waals surface area contributed by atoms with Crippen molar-refractivity contribution < 1.29 is 14.6 Å². The van der Waals surface area contributed by atoms with Crippen LogP contribution in [0.25, 0.3) is 0 Å². The molecule has 0 unspecified atom stereocenters. The number of aryl methyl sites for hydroxylation is 1. The molecule has 3 N–H and O–H groups in total. The van der Waals surface area contributed by atoms with Gasteiger partial charge in [-0.15, -0.1) is 0 Å². The molecule has 0 aliphatic carbocycles. The minimum Gasteiger partial charge on any atom is -0.507 e. The van der Waals surface area contributed by atoms with E-state index in [1.165, 1.54) is 23.3 Å². The van der Waals surface area contributed by atoms with Gasteiger partial charge >= 0.3 is 5.97 Å². The highest BCUT2D eigenvalue weighted by molar-refractivity contribution is 5.92. The lowest BCUT2D eigenvalue weighted by Gasteiger charge is -2.12. The van der Waals surface area contributed by atoms with Gasteiger partial charge in [-0.25, -0.2) is 4.79 Å². The summed E-state index contributed by atoms with van der Waals surface area (Å²) < 4.78 is 5.25. The Balaban J connectivity index is 2.06. The summed E-state index contributed by atoms with van der Waals surface area (Å²) in [6.07, 6.45) is 0. The van der Waals surface area contributed by atoms with Gasteiger partial charge in [-0.05, 0) is 41.7 Å². The number of carbonyl (C=O) groups is 1. The van der Waals surface area contributed by atoms with Crippen molar-refractivity contribution in [1.82, 2.24) is 0 Å². The van der Waals surface area contributed by atoms with Gasteiger partial charge in [-0.2, -0.15) is 0 Å². The van der Waals surface area contributed by atoms with Crippen LogP contribution in [0.15, 0.2) is 36.4 Å². The van der Waals surface area contributed by atoms with Gasteiger partial charge in [-0.3, -0.25) is 0 Å². The van der Waals surface area contributed by atoms with Gasteiger partial charge in [0.1, 0.15) is 17.9 Å². The minimum absolute atomic E-state index is 0.115. The van der Waals surface area contributed by atoms with Crippen LogP contribution >= 0.6 is 0 Å². The second kappa shape index (κ2) is 6.52. The Hall–Kier alpha value is -2.49. The number of ether oxygens (including phenoxy) is 1. The maximum absolute atomic E-state index is 12.0. The molecular weight excluding hydrogens is 278 g/mol. The number of phenolic OH excluding ortho intramolecular Hbond substituents is 1. The average molecular weight is 299 g/mol. The maximum Gasteiger partial charge on any atom is 0.342 e. The summed E-state index contributed by atoms with van der Waals surface area (Å²) in [6.45, 7) is 6.51. The first-order valence-corrected chi connectivity index (χ1v) is 7.23. The van der Waals surface area contributed by atoms with Crippen molar-refractivity contribution in [3.8, 4) is 5.75 Å². The van der Waals surface area contributed by atoms with Crippen molar-refractivity contribution in [3.63, 3.8) is 0 Å². The molecule has 22 heavy (non-hydrogen) atoms. The monoisotopic (exact) mass is 299 g/mol. The van der Waals surface area contributed by atoms with Crippen molar-refractivity contribution in [2.75, 3.05) is 5.73 Å². The van der Waals surface area contributed by atoms with Crippen LogP contribution in [-0.2, 0) is 11.3 Å². The third-order valence-corrected chi connectivity index (χ3v) is 3.57. The molecule has 0 atom stereocenters. The van der Waals surface area contributed by atoms with E-state index >= 15 is 0 Å². The van der Waals surface area contributed by atoms with E-state index in [9.17, 15) is 9.90 Å². The van der Waals surface area contributed by atoms with Crippen molar-refractivity contribution >= 4 is 11.7 Å². The van der Waals surface area contributed by atoms with Crippen LogP contribution < -0.4 is 5.73 Å². The fraction of sp³-hybridized carbons (Fsp3) is 0.278. The third-order valence-electron chi connectivity index (χ3n) is 3.57. The summed E-state index contributed by atoms with van der Waals surface area (Å²) in [5.41, 5.74) is 9.43.